The maximum absolute atomic E-state index is 5.73. The lowest BCUT2D eigenvalue weighted by Gasteiger charge is -2.33. The number of nitrogens with two attached hydrogens (primary N) is 1. The highest BCUT2D eigenvalue weighted by atomic mass is 15.2. The number of rotatable bonds is 4. The quantitative estimate of drug-likeness (QED) is 0.444. The van der Waals surface area contributed by atoms with Crippen molar-refractivity contribution in [3.63, 3.8) is 0 Å². The van der Waals surface area contributed by atoms with Crippen molar-refractivity contribution < 1.29 is 0 Å². The van der Waals surface area contributed by atoms with Gasteiger partial charge in [0.2, 0.25) is 0 Å². The van der Waals surface area contributed by atoms with Crippen molar-refractivity contribution in [2.75, 3.05) is 33.7 Å². The van der Waals surface area contributed by atoms with Gasteiger partial charge in [0.1, 0.15) is 0 Å². The number of guanidine groups is 1. The summed E-state index contributed by atoms with van der Waals surface area (Å²) in [5.74, 6) is 0.631. The summed E-state index contributed by atoms with van der Waals surface area (Å²) in [5.41, 5.74) is 5.73. The van der Waals surface area contributed by atoms with Gasteiger partial charge in [-0.3, -0.25) is 4.99 Å². The van der Waals surface area contributed by atoms with E-state index in [0.717, 1.165) is 25.6 Å². The summed E-state index contributed by atoms with van der Waals surface area (Å²) in [4.78, 5) is 8.75. The van der Waals surface area contributed by atoms with Gasteiger partial charge < -0.3 is 15.5 Å². The zero-order chi connectivity index (χ0) is 12.0. The molecule has 0 spiro atoms. The summed E-state index contributed by atoms with van der Waals surface area (Å²) in [6, 6.07) is 0.754. The number of hydrogen-bond donors (Lipinski definition) is 1. The van der Waals surface area contributed by atoms with Crippen LogP contribution in [0.15, 0.2) is 4.99 Å². The highest BCUT2D eigenvalue weighted by Gasteiger charge is 2.16. The lowest BCUT2D eigenvalue weighted by molar-refractivity contribution is 0.160. The molecule has 0 amide bonds. The van der Waals surface area contributed by atoms with Crippen molar-refractivity contribution in [3.8, 4) is 0 Å². The predicted octanol–water partition coefficient (Wildman–Crippen LogP) is 1.13. The molecule has 1 aliphatic heterocycles. The molecule has 0 aromatic heterocycles. The standard InChI is InChI=1S/C12H26N4/c1-11-7-4-5-9-16(11)10-6-8-14-12(13)15(2)3/h11H,4-10H2,1-3H3,(H2,13,14)/t11-/m0/s1. The van der Waals surface area contributed by atoms with Gasteiger partial charge in [0.15, 0.2) is 5.96 Å². The first-order valence-electron chi connectivity index (χ1n) is 6.32. The van der Waals surface area contributed by atoms with Crippen LogP contribution in [0.2, 0.25) is 0 Å². The van der Waals surface area contributed by atoms with Crippen molar-refractivity contribution in [2.45, 2.75) is 38.6 Å². The molecule has 1 heterocycles. The maximum Gasteiger partial charge on any atom is 0.190 e. The predicted molar refractivity (Wildman–Crippen MR) is 69.7 cm³/mol. The van der Waals surface area contributed by atoms with Gasteiger partial charge >= 0.3 is 0 Å². The van der Waals surface area contributed by atoms with Gasteiger partial charge in [0, 0.05) is 33.2 Å². The Balaban J connectivity index is 2.17. The summed E-state index contributed by atoms with van der Waals surface area (Å²) in [7, 11) is 3.84. The van der Waals surface area contributed by atoms with Gasteiger partial charge in [-0.2, -0.15) is 0 Å². The third-order valence-electron chi connectivity index (χ3n) is 3.28. The van der Waals surface area contributed by atoms with E-state index < -0.39 is 0 Å². The van der Waals surface area contributed by atoms with Gasteiger partial charge in [-0.05, 0) is 32.7 Å². The normalized spacial score (nSPS) is 23.4. The fourth-order valence-electron chi connectivity index (χ4n) is 2.10. The Kier molecular flexibility index (Phi) is 5.60. The second-order valence-corrected chi connectivity index (χ2v) is 4.87. The minimum atomic E-state index is 0.631. The Hall–Kier alpha value is -0.770. The van der Waals surface area contributed by atoms with Crippen molar-refractivity contribution in [1.29, 1.82) is 0 Å². The second kappa shape index (κ2) is 6.74. The average Bonchev–Trinajstić information content (AvgIpc) is 2.26. The number of aliphatic imine (C=N–C) groups is 1. The number of likely N-dealkylation sites (tertiary alicyclic amines) is 1. The molecule has 1 atom stereocenters. The zero-order valence-electron chi connectivity index (χ0n) is 10.9. The van der Waals surface area contributed by atoms with Crippen molar-refractivity contribution in [2.24, 2.45) is 10.7 Å². The van der Waals surface area contributed by atoms with Gasteiger partial charge in [-0.1, -0.05) is 6.42 Å². The molecule has 0 saturated carbocycles. The first-order valence-corrected chi connectivity index (χ1v) is 6.32. The SMILES string of the molecule is C[C@H]1CCCCN1CCCN=C(N)N(C)C. The zero-order valence-corrected chi connectivity index (χ0v) is 10.9. The molecule has 0 aromatic carbocycles. The molecule has 0 unspecified atom stereocenters. The van der Waals surface area contributed by atoms with E-state index in [1.165, 1.54) is 25.8 Å². The minimum Gasteiger partial charge on any atom is -0.370 e. The van der Waals surface area contributed by atoms with E-state index in [0.29, 0.717) is 5.96 Å². The Morgan fingerprint density at radius 1 is 1.44 bits per heavy atom. The topological polar surface area (TPSA) is 44.9 Å². The van der Waals surface area contributed by atoms with E-state index in [4.69, 9.17) is 5.73 Å². The monoisotopic (exact) mass is 226 g/mol. The van der Waals surface area contributed by atoms with E-state index in [2.05, 4.69) is 16.8 Å². The van der Waals surface area contributed by atoms with Crippen LogP contribution in [-0.4, -0.2) is 55.5 Å². The molecule has 2 N–H and O–H groups in total. The Morgan fingerprint density at radius 3 is 2.81 bits per heavy atom. The van der Waals surface area contributed by atoms with Crippen LogP contribution in [-0.2, 0) is 0 Å². The van der Waals surface area contributed by atoms with Crippen LogP contribution in [0, 0.1) is 0 Å². The molecule has 0 radical (unpaired) electrons. The van der Waals surface area contributed by atoms with Crippen LogP contribution in [0.1, 0.15) is 32.6 Å². The summed E-state index contributed by atoms with van der Waals surface area (Å²) in [6.07, 6.45) is 5.21. The number of piperidine rings is 1. The number of nitrogens with zero attached hydrogens (tertiary/aromatic N) is 3. The Labute approximate surface area is 99.5 Å². The average molecular weight is 226 g/mol. The molecule has 16 heavy (non-hydrogen) atoms. The third kappa shape index (κ3) is 4.39. The smallest absolute Gasteiger partial charge is 0.190 e. The van der Waals surface area contributed by atoms with Crippen molar-refractivity contribution in [1.82, 2.24) is 9.80 Å². The van der Waals surface area contributed by atoms with E-state index in [1.54, 1.807) is 0 Å². The van der Waals surface area contributed by atoms with Crippen LogP contribution < -0.4 is 5.73 Å². The molecule has 94 valence electrons. The van der Waals surface area contributed by atoms with Crippen LogP contribution in [0.5, 0.6) is 0 Å². The van der Waals surface area contributed by atoms with E-state index >= 15 is 0 Å². The molecule has 1 fully saturated rings. The first-order chi connectivity index (χ1) is 7.61. The van der Waals surface area contributed by atoms with Gasteiger partial charge in [0.05, 0.1) is 0 Å². The molecule has 1 saturated heterocycles. The number of hydrogen-bond acceptors (Lipinski definition) is 2. The first kappa shape index (κ1) is 13.3. The van der Waals surface area contributed by atoms with Crippen LogP contribution in [0.3, 0.4) is 0 Å². The van der Waals surface area contributed by atoms with Gasteiger partial charge in [-0.25, -0.2) is 0 Å². The van der Waals surface area contributed by atoms with Crippen molar-refractivity contribution >= 4 is 5.96 Å². The molecule has 4 nitrogen and oxygen atoms in total. The molecule has 4 heteroatoms. The van der Waals surface area contributed by atoms with Crippen LogP contribution in [0.4, 0.5) is 0 Å². The lowest BCUT2D eigenvalue weighted by atomic mass is 10.0. The molecule has 0 bridgehead atoms. The maximum atomic E-state index is 5.73. The minimum absolute atomic E-state index is 0.631. The summed E-state index contributed by atoms with van der Waals surface area (Å²) in [6.45, 7) is 5.59. The molecular weight excluding hydrogens is 200 g/mol. The second-order valence-electron chi connectivity index (χ2n) is 4.87. The molecule has 1 aliphatic rings. The lowest BCUT2D eigenvalue weighted by Crippen LogP contribution is -2.38. The highest BCUT2D eigenvalue weighted by Crippen LogP contribution is 2.16. The summed E-state index contributed by atoms with van der Waals surface area (Å²) < 4.78 is 0. The van der Waals surface area contributed by atoms with Crippen LogP contribution >= 0.6 is 0 Å². The van der Waals surface area contributed by atoms with Gasteiger partial charge in [-0.15, -0.1) is 0 Å². The largest absolute Gasteiger partial charge is 0.370 e. The molecule has 0 aliphatic carbocycles. The fraction of sp³-hybridized carbons (Fsp3) is 0.917. The molecule has 0 aromatic rings. The molecular formula is C12H26N4. The van der Waals surface area contributed by atoms with E-state index in [-0.39, 0.29) is 0 Å². The molecule has 1 rings (SSSR count). The highest BCUT2D eigenvalue weighted by molar-refractivity contribution is 5.77. The van der Waals surface area contributed by atoms with Crippen molar-refractivity contribution in [3.05, 3.63) is 0 Å². The third-order valence-corrected chi connectivity index (χ3v) is 3.28. The summed E-state index contributed by atoms with van der Waals surface area (Å²) >= 11 is 0. The van der Waals surface area contributed by atoms with Gasteiger partial charge in [0.25, 0.3) is 0 Å². The van der Waals surface area contributed by atoms with Crippen LogP contribution in [0.25, 0.3) is 0 Å². The fourth-order valence-corrected chi connectivity index (χ4v) is 2.10. The summed E-state index contributed by atoms with van der Waals surface area (Å²) in [5, 5.41) is 0. The Morgan fingerprint density at radius 2 is 2.19 bits per heavy atom. The van der Waals surface area contributed by atoms with E-state index in [1.807, 2.05) is 19.0 Å². The van der Waals surface area contributed by atoms with E-state index in [9.17, 15) is 0 Å². The Bertz CT molecular complexity index is 225.